The topological polar surface area (TPSA) is 53.0 Å². The molecule has 8 heteroatoms. The van der Waals surface area contributed by atoms with E-state index in [1.54, 1.807) is 18.4 Å². The molecule has 32 heavy (non-hydrogen) atoms. The summed E-state index contributed by atoms with van der Waals surface area (Å²) in [5, 5.41) is 6.55. The van der Waals surface area contributed by atoms with Gasteiger partial charge < -0.3 is 15.0 Å². The van der Waals surface area contributed by atoms with Gasteiger partial charge in [-0.05, 0) is 50.9 Å². The number of methoxy groups -OCH3 is 1. The largest absolute Gasteiger partial charge is 0.375 e. The fourth-order valence-corrected chi connectivity index (χ4v) is 4.70. The Morgan fingerprint density at radius 1 is 1.25 bits per heavy atom. The Labute approximate surface area is 214 Å². The summed E-state index contributed by atoms with van der Waals surface area (Å²) in [7, 11) is 3.79. The van der Waals surface area contributed by atoms with Crippen LogP contribution < -0.4 is 5.32 Å². The summed E-state index contributed by atoms with van der Waals surface area (Å²) >= 11 is 1.65. The Bertz CT molecular complexity index is 837. The molecule has 2 heterocycles. The van der Waals surface area contributed by atoms with E-state index < -0.39 is 0 Å². The van der Waals surface area contributed by atoms with Crippen LogP contribution in [-0.2, 0) is 24.4 Å². The van der Waals surface area contributed by atoms with Gasteiger partial charge in [0.15, 0.2) is 5.96 Å². The van der Waals surface area contributed by atoms with Crippen LogP contribution in [0.3, 0.4) is 0 Å². The number of piperidine rings is 1. The van der Waals surface area contributed by atoms with E-state index >= 15 is 0 Å². The van der Waals surface area contributed by atoms with Crippen molar-refractivity contribution in [2.45, 2.75) is 58.8 Å². The lowest BCUT2D eigenvalue weighted by atomic mass is 10.1. The number of ether oxygens (including phenoxy) is 1. The lowest BCUT2D eigenvalue weighted by Crippen LogP contribution is -2.38. The van der Waals surface area contributed by atoms with Gasteiger partial charge in [0, 0.05) is 32.6 Å². The molecule has 1 fully saturated rings. The van der Waals surface area contributed by atoms with Crippen LogP contribution in [0.4, 0.5) is 0 Å². The Hall–Kier alpha value is -1.23. The Morgan fingerprint density at radius 3 is 2.66 bits per heavy atom. The quantitative estimate of drug-likeness (QED) is 0.260. The molecule has 2 aromatic rings. The highest BCUT2D eigenvalue weighted by Gasteiger charge is 2.14. The molecule has 6 nitrogen and oxygen atoms in total. The van der Waals surface area contributed by atoms with Crippen LogP contribution in [0.1, 0.15) is 61.0 Å². The highest BCUT2D eigenvalue weighted by atomic mass is 127. The first-order chi connectivity index (χ1) is 15.1. The van der Waals surface area contributed by atoms with E-state index in [1.165, 1.54) is 43.5 Å². The van der Waals surface area contributed by atoms with E-state index in [4.69, 9.17) is 14.7 Å². The zero-order valence-electron chi connectivity index (χ0n) is 19.8. The van der Waals surface area contributed by atoms with Crippen LogP contribution >= 0.6 is 35.3 Å². The molecule has 178 valence electrons. The first kappa shape index (κ1) is 27.0. The number of nitrogens with zero attached hydrogens (tertiary/aromatic N) is 4. The number of hydrogen-bond donors (Lipinski definition) is 1. The van der Waals surface area contributed by atoms with Crippen molar-refractivity contribution in [3.8, 4) is 0 Å². The molecule has 1 aliphatic heterocycles. The van der Waals surface area contributed by atoms with E-state index in [0.717, 1.165) is 29.8 Å². The standard InChI is InChI=1S/C24H37N5OS.HI/c1-5-25-24(28(3)17-22-18-31-23(27-22)19(2)30-4)26-15-20-11-7-8-12-21(20)16-29-13-9-6-10-14-29;/h7-8,11-12,18-19H,5-6,9-10,13-17H2,1-4H3,(H,25,26);1H. The second kappa shape index (κ2) is 14.1. The summed E-state index contributed by atoms with van der Waals surface area (Å²) in [5.41, 5.74) is 3.74. The van der Waals surface area contributed by atoms with Crippen LogP contribution in [0.25, 0.3) is 0 Å². The van der Waals surface area contributed by atoms with Gasteiger partial charge in [-0.3, -0.25) is 4.90 Å². The number of aromatic nitrogens is 1. The van der Waals surface area contributed by atoms with Crippen molar-refractivity contribution in [1.29, 1.82) is 0 Å². The highest BCUT2D eigenvalue weighted by molar-refractivity contribution is 14.0. The number of rotatable bonds is 9. The van der Waals surface area contributed by atoms with Gasteiger partial charge in [-0.15, -0.1) is 35.3 Å². The Kier molecular flexibility index (Phi) is 11.9. The van der Waals surface area contributed by atoms with E-state index in [-0.39, 0.29) is 30.1 Å². The molecule has 0 radical (unpaired) electrons. The molecular weight excluding hydrogens is 533 g/mol. The van der Waals surface area contributed by atoms with Gasteiger partial charge in [0.1, 0.15) is 11.1 Å². The molecule has 0 bridgehead atoms. The zero-order chi connectivity index (χ0) is 22.1. The summed E-state index contributed by atoms with van der Waals surface area (Å²) in [5.74, 6) is 0.907. The van der Waals surface area contributed by atoms with Crippen LogP contribution in [0.2, 0.25) is 0 Å². The molecule has 1 N–H and O–H groups in total. The molecule has 1 aromatic heterocycles. The van der Waals surface area contributed by atoms with Crippen molar-refractivity contribution in [3.63, 3.8) is 0 Å². The van der Waals surface area contributed by atoms with Gasteiger partial charge in [0.2, 0.25) is 0 Å². The van der Waals surface area contributed by atoms with Gasteiger partial charge in [-0.2, -0.15) is 0 Å². The van der Waals surface area contributed by atoms with Crippen LogP contribution in [0.5, 0.6) is 0 Å². The molecule has 1 atom stereocenters. The predicted molar refractivity (Wildman–Crippen MR) is 145 cm³/mol. The second-order valence-electron chi connectivity index (χ2n) is 8.19. The van der Waals surface area contributed by atoms with Crippen molar-refractivity contribution in [2.24, 2.45) is 4.99 Å². The van der Waals surface area contributed by atoms with Gasteiger partial charge in [0.05, 0.1) is 18.8 Å². The van der Waals surface area contributed by atoms with Crippen molar-refractivity contribution in [3.05, 3.63) is 51.5 Å². The summed E-state index contributed by atoms with van der Waals surface area (Å²) in [6.07, 6.45) is 4.03. The van der Waals surface area contributed by atoms with Crippen LogP contribution in [0.15, 0.2) is 34.6 Å². The predicted octanol–water partition coefficient (Wildman–Crippen LogP) is 5.05. The number of halogens is 1. The van der Waals surface area contributed by atoms with Gasteiger partial charge in [0.25, 0.3) is 0 Å². The number of thiazole rings is 1. The van der Waals surface area contributed by atoms with Gasteiger partial charge in [-0.1, -0.05) is 30.7 Å². The third kappa shape index (κ3) is 7.97. The van der Waals surface area contributed by atoms with Crippen LogP contribution in [0, 0.1) is 0 Å². The fourth-order valence-electron chi connectivity index (χ4n) is 3.85. The lowest BCUT2D eigenvalue weighted by Gasteiger charge is -2.27. The molecule has 1 aliphatic rings. The number of likely N-dealkylation sites (tertiary alicyclic amines) is 1. The van der Waals surface area contributed by atoms with Gasteiger partial charge in [-0.25, -0.2) is 9.98 Å². The third-order valence-corrected chi connectivity index (χ3v) is 6.78. The number of benzene rings is 1. The molecule has 1 aromatic carbocycles. The van der Waals surface area contributed by atoms with Gasteiger partial charge >= 0.3 is 0 Å². The van der Waals surface area contributed by atoms with Crippen molar-refractivity contribution in [2.75, 3.05) is 33.8 Å². The normalized spacial score (nSPS) is 15.8. The molecular formula is C24H38IN5OS. The van der Waals surface area contributed by atoms with Crippen molar-refractivity contribution < 1.29 is 4.74 Å². The zero-order valence-corrected chi connectivity index (χ0v) is 23.0. The SMILES string of the molecule is CCNC(=NCc1ccccc1CN1CCCCC1)N(C)Cc1csc(C(C)OC)n1.I. The van der Waals surface area contributed by atoms with E-state index in [9.17, 15) is 0 Å². The third-order valence-electron chi connectivity index (χ3n) is 5.73. The van der Waals surface area contributed by atoms with Crippen LogP contribution in [-0.4, -0.2) is 54.5 Å². The average molecular weight is 572 g/mol. The molecule has 1 unspecified atom stereocenters. The summed E-state index contributed by atoms with van der Waals surface area (Å²) in [6.45, 7) is 9.81. The lowest BCUT2D eigenvalue weighted by molar-refractivity contribution is 0.119. The van der Waals surface area contributed by atoms with Crippen molar-refractivity contribution in [1.82, 2.24) is 20.1 Å². The second-order valence-corrected chi connectivity index (χ2v) is 9.08. The maximum atomic E-state index is 5.39. The number of hydrogen-bond acceptors (Lipinski definition) is 5. The highest BCUT2D eigenvalue weighted by Crippen LogP contribution is 2.21. The number of aliphatic imine (C=N–C) groups is 1. The number of guanidine groups is 1. The Balaban J connectivity index is 0.00000363. The first-order valence-electron chi connectivity index (χ1n) is 11.4. The number of nitrogens with one attached hydrogen (secondary N) is 1. The molecule has 3 rings (SSSR count). The van der Waals surface area contributed by atoms with E-state index in [2.05, 4.69) is 58.7 Å². The minimum absolute atomic E-state index is 0. The molecule has 1 saturated heterocycles. The first-order valence-corrected chi connectivity index (χ1v) is 12.2. The Morgan fingerprint density at radius 2 is 1.97 bits per heavy atom. The average Bonchev–Trinajstić information content (AvgIpc) is 3.26. The summed E-state index contributed by atoms with van der Waals surface area (Å²) in [6, 6.07) is 8.73. The van der Waals surface area contributed by atoms with E-state index in [1.807, 2.05) is 6.92 Å². The molecule has 0 saturated carbocycles. The van der Waals surface area contributed by atoms with E-state index in [0.29, 0.717) is 13.1 Å². The maximum Gasteiger partial charge on any atom is 0.194 e. The van der Waals surface area contributed by atoms with Crippen molar-refractivity contribution >= 4 is 41.3 Å². The fraction of sp³-hybridized carbons (Fsp3) is 0.583. The minimum atomic E-state index is 0. The monoisotopic (exact) mass is 571 g/mol. The maximum absolute atomic E-state index is 5.39. The molecule has 0 amide bonds. The minimum Gasteiger partial charge on any atom is -0.375 e. The summed E-state index contributed by atoms with van der Waals surface area (Å²) in [4.78, 5) is 14.4. The molecule has 0 aliphatic carbocycles. The summed E-state index contributed by atoms with van der Waals surface area (Å²) < 4.78 is 5.39. The smallest absolute Gasteiger partial charge is 0.194 e. The molecule has 0 spiro atoms.